The van der Waals surface area contributed by atoms with Gasteiger partial charge in [0, 0.05) is 6.42 Å². The lowest BCUT2D eigenvalue weighted by molar-refractivity contribution is 0.0701. The quantitative estimate of drug-likeness (QED) is 0.641. The summed E-state index contributed by atoms with van der Waals surface area (Å²) in [5, 5.41) is 22.2. The molecule has 0 bridgehead atoms. The molecule has 2 rings (SSSR count). The van der Waals surface area contributed by atoms with Crippen LogP contribution in [0.2, 0.25) is 0 Å². The van der Waals surface area contributed by atoms with Gasteiger partial charge in [-0.05, 0) is 24.5 Å². The van der Waals surface area contributed by atoms with Crippen LogP contribution in [0.4, 0.5) is 0 Å². The lowest BCUT2D eigenvalue weighted by Crippen LogP contribution is -2.13. The second kappa shape index (κ2) is 6.74. The van der Waals surface area contributed by atoms with Crippen molar-refractivity contribution in [1.29, 1.82) is 0 Å². The van der Waals surface area contributed by atoms with Gasteiger partial charge in [0.05, 0.1) is 12.3 Å². The fourth-order valence-electron chi connectivity index (χ4n) is 1.95. The van der Waals surface area contributed by atoms with Crippen LogP contribution in [-0.4, -0.2) is 33.6 Å². The minimum absolute atomic E-state index is 0.226. The molecular weight excluding hydrogens is 304 g/mol. The summed E-state index contributed by atoms with van der Waals surface area (Å²) in [7, 11) is 0. The molecule has 0 aliphatic heterocycles. The molecule has 22 heavy (non-hydrogen) atoms. The molecule has 118 valence electrons. The van der Waals surface area contributed by atoms with E-state index in [0.717, 1.165) is 16.9 Å². The van der Waals surface area contributed by atoms with Crippen molar-refractivity contribution < 1.29 is 19.8 Å². The first kappa shape index (κ1) is 16.2. The van der Waals surface area contributed by atoms with Gasteiger partial charge in [-0.25, -0.2) is 9.78 Å². The molecule has 0 atom stereocenters. The second-order valence-electron chi connectivity index (χ2n) is 5.39. The normalized spacial score (nSPS) is 16.6. The first-order chi connectivity index (χ1) is 10.4. The molecule has 0 fully saturated rings. The standard InChI is InChI=1S/C15H18N2O4S/c1-8(2)7-21-12-5-4-10(6-11(12)17-20)14-16-9(3)13(22-14)15(18)19/h4-5,8,20H,6-7H2,1-3H3,(H,18,19). The summed E-state index contributed by atoms with van der Waals surface area (Å²) >= 11 is 1.12. The Bertz CT molecular complexity index is 671. The number of allylic oxidation sites excluding steroid dienone is 4. The molecule has 6 nitrogen and oxygen atoms in total. The summed E-state index contributed by atoms with van der Waals surface area (Å²) in [4.78, 5) is 15.6. The first-order valence-electron chi connectivity index (χ1n) is 6.88. The minimum atomic E-state index is -0.981. The topological polar surface area (TPSA) is 92.0 Å². The maximum absolute atomic E-state index is 11.1. The zero-order valence-electron chi connectivity index (χ0n) is 12.7. The molecular formula is C15H18N2O4S. The number of aromatic nitrogens is 1. The summed E-state index contributed by atoms with van der Waals surface area (Å²) < 4.78 is 5.61. The van der Waals surface area contributed by atoms with Crippen molar-refractivity contribution in [2.45, 2.75) is 27.2 Å². The van der Waals surface area contributed by atoms with Crippen molar-refractivity contribution in [3.05, 3.63) is 33.5 Å². The molecule has 0 saturated heterocycles. The number of carboxylic acids is 1. The van der Waals surface area contributed by atoms with Crippen molar-refractivity contribution in [3.8, 4) is 0 Å². The number of hydrogen-bond acceptors (Lipinski definition) is 6. The Morgan fingerprint density at radius 3 is 2.77 bits per heavy atom. The Morgan fingerprint density at radius 1 is 1.50 bits per heavy atom. The summed E-state index contributed by atoms with van der Waals surface area (Å²) in [5.41, 5.74) is 1.72. The zero-order chi connectivity index (χ0) is 16.3. The maximum Gasteiger partial charge on any atom is 0.347 e. The van der Waals surface area contributed by atoms with E-state index in [1.54, 1.807) is 13.0 Å². The molecule has 1 aromatic heterocycles. The van der Waals surface area contributed by atoms with E-state index in [1.165, 1.54) is 0 Å². The second-order valence-corrected chi connectivity index (χ2v) is 6.39. The highest BCUT2D eigenvalue weighted by Crippen LogP contribution is 2.30. The molecule has 0 amide bonds. The zero-order valence-corrected chi connectivity index (χ0v) is 13.5. The summed E-state index contributed by atoms with van der Waals surface area (Å²) in [6.45, 7) is 6.27. The van der Waals surface area contributed by atoms with Gasteiger partial charge in [0.2, 0.25) is 0 Å². The average Bonchev–Trinajstić information content (AvgIpc) is 2.87. The van der Waals surface area contributed by atoms with Gasteiger partial charge in [-0.1, -0.05) is 25.1 Å². The summed E-state index contributed by atoms with van der Waals surface area (Å²) in [6, 6.07) is 0. The average molecular weight is 322 g/mol. The number of carbonyl (C=O) groups is 1. The molecule has 0 unspecified atom stereocenters. The van der Waals surface area contributed by atoms with Crippen molar-refractivity contribution in [3.63, 3.8) is 0 Å². The van der Waals surface area contributed by atoms with E-state index in [1.807, 2.05) is 19.9 Å². The monoisotopic (exact) mass is 322 g/mol. The lowest BCUT2D eigenvalue weighted by atomic mass is 10.0. The van der Waals surface area contributed by atoms with Gasteiger partial charge in [0.25, 0.3) is 0 Å². The van der Waals surface area contributed by atoms with Crippen molar-refractivity contribution >= 4 is 28.6 Å². The molecule has 1 aromatic rings. The number of oxime groups is 1. The van der Waals surface area contributed by atoms with Crippen molar-refractivity contribution in [1.82, 2.24) is 4.98 Å². The number of carboxylic acid groups (broad SMARTS) is 1. The fraction of sp³-hybridized carbons (Fsp3) is 0.400. The van der Waals surface area contributed by atoms with Crippen LogP contribution in [0.15, 0.2) is 23.1 Å². The minimum Gasteiger partial charge on any atom is -0.491 e. The highest BCUT2D eigenvalue weighted by molar-refractivity contribution is 7.14. The van der Waals surface area contributed by atoms with Crippen LogP contribution >= 0.6 is 11.3 Å². The number of aryl methyl sites for hydroxylation is 1. The van der Waals surface area contributed by atoms with Crippen molar-refractivity contribution in [2.75, 3.05) is 6.61 Å². The van der Waals surface area contributed by atoms with E-state index in [0.29, 0.717) is 41.1 Å². The molecule has 0 radical (unpaired) electrons. The van der Waals surface area contributed by atoms with Crippen LogP contribution < -0.4 is 0 Å². The number of rotatable bonds is 5. The number of nitrogens with zero attached hydrogens (tertiary/aromatic N) is 2. The fourth-order valence-corrected chi connectivity index (χ4v) is 2.88. The predicted molar refractivity (Wildman–Crippen MR) is 84.5 cm³/mol. The van der Waals surface area contributed by atoms with Crippen LogP contribution in [0, 0.1) is 12.8 Å². The molecule has 1 aliphatic rings. The Kier molecular flexibility index (Phi) is 4.97. The van der Waals surface area contributed by atoms with Gasteiger partial charge >= 0.3 is 5.97 Å². The summed E-state index contributed by atoms with van der Waals surface area (Å²) in [6.07, 6.45) is 3.91. The van der Waals surface area contributed by atoms with E-state index in [-0.39, 0.29) is 4.88 Å². The molecule has 1 heterocycles. The van der Waals surface area contributed by atoms with Gasteiger partial charge in [-0.3, -0.25) is 0 Å². The lowest BCUT2D eigenvalue weighted by Gasteiger charge is -2.17. The van der Waals surface area contributed by atoms with E-state index in [4.69, 9.17) is 15.1 Å². The number of ether oxygens (including phenoxy) is 1. The van der Waals surface area contributed by atoms with Crippen LogP contribution in [0.1, 0.15) is 40.6 Å². The van der Waals surface area contributed by atoms with Crippen molar-refractivity contribution in [2.24, 2.45) is 11.1 Å². The SMILES string of the molecule is Cc1nc(C2=CC=C(OCC(C)C)C(=NO)C2)sc1C(=O)O. The number of hydrogen-bond donors (Lipinski definition) is 2. The van der Waals surface area contributed by atoms with Gasteiger partial charge in [0.1, 0.15) is 21.4 Å². The Labute approximate surface area is 132 Å². The molecule has 0 aromatic carbocycles. The largest absolute Gasteiger partial charge is 0.491 e. The Morgan fingerprint density at radius 2 is 2.23 bits per heavy atom. The van der Waals surface area contributed by atoms with Gasteiger partial charge in [-0.2, -0.15) is 0 Å². The van der Waals surface area contributed by atoms with Crippen LogP contribution in [0.5, 0.6) is 0 Å². The Hall–Kier alpha value is -2.15. The maximum atomic E-state index is 11.1. The van der Waals surface area contributed by atoms with Crippen LogP contribution in [0.25, 0.3) is 5.57 Å². The third kappa shape index (κ3) is 3.54. The molecule has 0 saturated carbocycles. The number of aromatic carboxylic acids is 1. The third-order valence-corrected chi connectivity index (χ3v) is 4.26. The first-order valence-corrected chi connectivity index (χ1v) is 7.70. The van der Waals surface area contributed by atoms with Gasteiger partial charge < -0.3 is 15.1 Å². The number of thiazole rings is 1. The Balaban J connectivity index is 2.26. The van der Waals surface area contributed by atoms with Crippen LogP contribution in [0.3, 0.4) is 0 Å². The molecule has 1 aliphatic carbocycles. The molecule has 7 heteroatoms. The smallest absolute Gasteiger partial charge is 0.347 e. The predicted octanol–water partition coefficient (Wildman–Crippen LogP) is 3.32. The highest BCUT2D eigenvalue weighted by Gasteiger charge is 2.22. The summed E-state index contributed by atoms with van der Waals surface area (Å²) in [5.74, 6) is -0.0807. The van der Waals surface area contributed by atoms with Gasteiger partial charge in [0.15, 0.2) is 0 Å². The van der Waals surface area contributed by atoms with E-state index >= 15 is 0 Å². The van der Waals surface area contributed by atoms with E-state index in [9.17, 15) is 4.79 Å². The van der Waals surface area contributed by atoms with E-state index < -0.39 is 5.97 Å². The van der Waals surface area contributed by atoms with E-state index in [2.05, 4.69) is 10.1 Å². The molecule has 2 N–H and O–H groups in total. The molecule has 0 spiro atoms. The van der Waals surface area contributed by atoms with Crippen LogP contribution in [-0.2, 0) is 4.74 Å². The van der Waals surface area contributed by atoms with Gasteiger partial charge in [-0.15, -0.1) is 11.3 Å². The highest BCUT2D eigenvalue weighted by atomic mass is 32.1. The third-order valence-electron chi connectivity index (χ3n) is 3.04.